The number of carbonyl (C=O) groups is 1. The van der Waals surface area contributed by atoms with E-state index < -0.39 is 0 Å². The van der Waals surface area contributed by atoms with Crippen molar-refractivity contribution in [3.63, 3.8) is 0 Å². The number of carbonyl (C=O) groups excluding carboxylic acids is 1. The van der Waals surface area contributed by atoms with Crippen molar-refractivity contribution in [3.8, 4) is 0 Å². The number of fused-ring (bicyclic) bond motifs is 1. The van der Waals surface area contributed by atoms with Crippen molar-refractivity contribution in [2.24, 2.45) is 5.73 Å². The van der Waals surface area contributed by atoms with Crippen molar-refractivity contribution in [1.29, 1.82) is 0 Å². The third kappa shape index (κ3) is 2.50. The second-order valence-corrected chi connectivity index (χ2v) is 3.85. The fraction of sp³-hybridized carbons (Fsp3) is 0.200. The summed E-state index contributed by atoms with van der Waals surface area (Å²) >= 11 is 5.85. The van der Waals surface area contributed by atoms with Gasteiger partial charge in [-0.15, -0.1) is 0 Å². The normalized spacial score (nSPS) is 10.8. The van der Waals surface area contributed by atoms with Gasteiger partial charge in [0.1, 0.15) is 5.65 Å². The van der Waals surface area contributed by atoms with Crippen molar-refractivity contribution in [2.75, 3.05) is 6.54 Å². The first kappa shape index (κ1) is 10.9. The zero-order valence-corrected chi connectivity index (χ0v) is 9.24. The molecule has 6 heteroatoms. The van der Waals surface area contributed by atoms with Crippen molar-refractivity contribution in [1.82, 2.24) is 14.7 Å². The van der Waals surface area contributed by atoms with E-state index in [2.05, 4.69) is 10.3 Å². The number of primary amides is 1. The van der Waals surface area contributed by atoms with E-state index >= 15 is 0 Å². The standard InChI is InChI=1S/C10H11ClN4O/c11-7-1-2-10-14-8(6-15(10)5-7)3-13-4-9(12)16/h1-2,5-6,13H,3-4H2,(H2,12,16). The summed E-state index contributed by atoms with van der Waals surface area (Å²) in [6.07, 6.45) is 3.64. The third-order valence-electron chi connectivity index (χ3n) is 2.07. The number of halogens is 1. The van der Waals surface area contributed by atoms with Crippen LogP contribution in [0.2, 0.25) is 5.02 Å². The average Bonchev–Trinajstić information content (AvgIpc) is 2.58. The maximum absolute atomic E-state index is 10.5. The first-order valence-electron chi connectivity index (χ1n) is 4.77. The zero-order chi connectivity index (χ0) is 11.5. The average molecular weight is 239 g/mol. The molecule has 0 atom stereocenters. The number of amides is 1. The van der Waals surface area contributed by atoms with E-state index in [-0.39, 0.29) is 12.5 Å². The van der Waals surface area contributed by atoms with Crippen LogP contribution in [0, 0.1) is 0 Å². The Labute approximate surface area is 97.2 Å². The topological polar surface area (TPSA) is 72.4 Å². The maximum atomic E-state index is 10.5. The number of hydrogen-bond donors (Lipinski definition) is 2. The van der Waals surface area contributed by atoms with Crippen LogP contribution in [-0.2, 0) is 11.3 Å². The smallest absolute Gasteiger partial charge is 0.231 e. The zero-order valence-electron chi connectivity index (χ0n) is 8.48. The molecule has 2 aromatic rings. The molecular weight excluding hydrogens is 228 g/mol. The SMILES string of the molecule is NC(=O)CNCc1cn2cc(Cl)ccc2n1. The predicted octanol–water partition coefficient (Wildman–Crippen LogP) is 0.563. The van der Waals surface area contributed by atoms with Gasteiger partial charge in [0, 0.05) is 18.9 Å². The Morgan fingerprint density at radius 3 is 3.06 bits per heavy atom. The minimum Gasteiger partial charge on any atom is -0.369 e. The molecule has 2 heterocycles. The van der Waals surface area contributed by atoms with Crippen LogP contribution in [0.1, 0.15) is 5.69 Å². The lowest BCUT2D eigenvalue weighted by atomic mass is 10.4. The monoisotopic (exact) mass is 238 g/mol. The molecule has 0 fully saturated rings. The van der Waals surface area contributed by atoms with Crippen molar-refractivity contribution >= 4 is 23.2 Å². The van der Waals surface area contributed by atoms with E-state index in [1.54, 1.807) is 12.3 Å². The summed E-state index contributed by atoms with van der Waals surface area (Å²) < 4.78 is 1.84. The molecule has 2 aromatic heterocycles. The van der Waals surface area contributed by atoms with Crippen LogP contribution in [0.25, 0.3) is 5.65 Å². The van der Waals surface area contributed by atoms with Gasteiger partial charge in [-0.05, 0) is 12.1 Å². The van der Waals surface area contributed by atoms with Crippen LogP contribution in [0.4, 0.5) is 0 Å². The molecule has 0 radical (unpaired) electrons. The molecule has 0 aliphatic rings. The number of nitrogens with one attached hydrogen (secondary N) is 1. The molecule has 0 bridgehead atoms. The van der Waals surface area contributed by atoms with E-state index in [9.17, 15) is 4.79 Å². The van der Waals surface area contributed by atoms with Gasteiger partial charge in [-0.3, -0.25) is 4.79 Å². The van der Waals surface area contributed by atoms with Crippen LogP contribution in [0.5, 0.6) is 0 Å². The molecule has 0 saturated carbocycles. The molecule has 84 valence electrons. The second-order valence-electron chi connectivity index (χ2n) is 3.41. The van der Waals surface area contributed by atoms with Gasteiger partial charge in [-0.2, -0.15) is 0 Å². The van der Waals surface area contributed by atoms with Crippen LogP contribution >= 0.6 is 11.6 Å². The lowest BCUT2D eigenvalue weighted by Gasteiger charge is -1.96. The van der Waals surface area contributed by atoms with E-state index in [0.29, 0.717) is 11.6 Å². The summed E-state index contributed by atoms with van der Waals surface area (Å²) in [4.78, 5) is 14.9. The highest BCUT2D eigenvalue weighted by molar-refractivity contribution is 6.30. The summed E-state index contributed by atoms with van der Waals surface area (Å²) in [5, 5.41) is 3.55. The Kier molecular flexibility index (Phi) is 3.07. The number of aromatic nitrogens is 2. The van der Waals surface area contributed by atoms with Crippen LogP contribution in [0.15, 0.2) is 24.5 Å². The van der Waals surface area contributed by atoms with Crippen molar-refractivity contribution < 1.29 is 4.79 Å². The highest BCUT2D eigenvalue weighted by Gasteiger charge is 2.02. The number of hydrogen-bond acceptors (Lipinski definition) is 3. The van der Waals surface area contributed by atoms with Gasteiger partial charge >= 0.3 is 0 Å². The number of nitrogens with zero attached hydrogens (tertiary/aromatic N) is 2. The van der Waals surface area contributed by atoms with Gasteiger partial charge in [0.2, 0.25) is 5.91 Å². The first-order chi connectivity index (χ1) is 7.65. The van der Waals surface area contributed by atoms with Gasteiger partial charge in [0.15, 0.2) is 0 Å². The fourth-order valence-electron chi connectivity index (χ4n) is 1.42. The van der Waals surface area contributed by atoms with E-state index in [1.165, 1.54) is 0 Å². The molecule has 0 aromatic carbocycles. The Balaban J connectivity index is 2.10. The Morgan fingerprint density at radius 1 is 1.50 bits per heavy atom. The van der Waals surface area contributed by atoms with E-state index in [4.69, 9.17) is 17.3 Å². The first-order valence-corrected chi connectivity index (χ1v) is 5.15. The van der Waals surface area contributed by atoms with Gasteiger partial charge in [-0.1, -0.05) is 11.6 Å². The molecule has 0 spiro atoms. The minimum atomic E-state index is -0.383. The lowest BCUT2D eigenvalue weighted by Crippen LogP contribution is -2.28. The highest BCUT2D eigenvalue weighted by Crippen LogP contribution is 2.11. The molecule has 0 aliphatic heterocycles. The summed E-state index contributed by atoms with van der Waals surface area (Å²) in [6, 6.07) is 3.62. The third-order valence-corrected chi connectivity index (χ3v) is 2.29. The molecule has 0 aliphatic carbocycles. The molecule has 0 unspecified atom stereocenters. The van der Waals surface area contributed by atoms with Gasteiger partial charge in [-0.25, -0.2) is 4.98 Å². The highest BCUT2D eigenvalue weighted by atomic mass is 35.5. The van der Waals surface area contributed by atoms with Crippen LogP contribution in [0.3, 0.4) is 0 Å². The van der Waals surface area contributed by atoms with Crippen LogP contribution in [-0.4, -0.2) is 21.8 Å². The van der Waals surface area contributed by atoms with E-state index in [1.807, 2.05) is 16.7 Å². The predicted molar refractivity (Wildman–Crippen MR) is 61.1 cm³/mol. The summed E-state index contributed by atoms with van der Waals surface area (Å²) in [5.41, 5.74) is 6.66. The molecular formula is C10H11ClN4O. The Bertz CT molecular complexity index is 523. The number of rotatable bonds is 4. The van der Waals surface area contributed by atoms with Gasteiger partial charge in [0.25, 0.3) is 0 Å². The fourth-order valence-corrected chi connectivity index (χ4v) is 1.58. The number of pyridine rings is 1. The maximum Gasteiger partial charge on any atom is 0.231 e. The van der Waals surface area contributed by atoms with E-state index in [0.717, 1.165) is 11.3 Å². The molecule has 3 N–H and O–H groups in total. The summed E-state index contributed by atoms with van der Waals surface area (Å²) in [6.45, 7) is 0.650. The summed E-state index contributed by atoms with van der Waals surface area (Å²) in [5.74, 6) is -0.383. The molecule has 5 nitrogen and oxygen atoms in total. The van der Waals surface area contributed by atoms with Crippen LogP contribution < -0.4 is 11.1 Å². The number of imidazole rings is 1. The number of nitrogens with two attached hydrogens (primary N) is 1. The van der Waals surface area contributed by atoms with Gasteiger partial charge in [0.05, 0.1) is 17.3 Å². The molecule has 0 saturated heterocycles. The second kappa shape index (κ2) is 4.51. The summed E-state index contributed by atoms with van der Waals surface area (Å²) in [7, 11) is 0. The van der Waals surface area contributed by atoms with Gasteiger partial charge < -0.3 is 15.5 Å². The van der Waals surface area contributed by atoms with Crippen molar-refractivity contribution in [2.45, 2.75) is 6.54 Å². The molecule has 16 heavy (non-hydrogen) atoms. The van der Waals surface area contributed by atoms with Crippen molar-refractivity contribution in [3.05, 3.63) is 35.2 Å². The Morgan fingerprint density at radius 2 is 2.31 bits per heavy atom. The molecule has 2 rings (SSSR count). The quantitative estimate of drug-likeness (QED) is 0.818. The molecule has 1 amide bonds. The minimum absolute atomic E-state index is 0.147. The lowest BCUT2D eigenvalue weighted by molar-refractivity contribution is -0.117. The Hall–Kier alpha value is -1.59. The largest absolute Gasteiger partial charge is 0.369 e.